The van der Waals surface area contributed by atoms with Gasteiger partial charge in [0, 0.05) is 23.2 Å². The first-order valence-electron chi connectivity index (χ1n) is 6.84. The van der Waals surface area contributed by atoms with Crippen molar-refractivity contribution < 1.29 is 15.0 Å². The molecule has 0 aliphatic carbocycles. The maximum atomic E-state index is 12.2. The number of pyridine rings is 1. The van der Waals surface area contributed by atoms with Crippen LogP contribution in [0.5, 0.6) is 11.5 Å². The summed E-state index contributed by atoms with van der Waals surface area (Å²) in [5.41, 5.74) is 3.02. The van der Waals surface area contributed by atoms with Crippen molar-refractivity contribution >= 4 is 22.9 Å². The number of aromatic hydroxyl groups is 2. The van der Waals surface area contributed by atoms with E-state index in [9.17, 15) is 15.0 Å². The van der Waals surface area contributed by atoms with E-state index in [1.165, 1.54) is 24.4 Å². The number of hydrazone groups is 1. The Morgan fingerprint density at radius 2 is 1.96 bits per heavy atom. The van der Waals surface area contributed by atoms with Crippen molar-refractivity contribution in [1.29, 1.82) is 0 Å². The second-order valence-corrected chi connectivity index (χ2v) is 4.82. The number of carbonyl (C=O) groups excluding carboxylic acids is 1. The van der Waals surface area contributed by atoms with Crippen LogP contribution in [0.3, 0.4) is 0 Å². The Bertz CT molecular complexity index is 901. The van der Waals surface area contributed by atoms with Crippen LogP contribution in [-0.2, 0) is 0 Å². The van der Waals surface area contributed by atoms with Gasteiger partial charge in [0.1, 0.15) is 17.2 Å². The highest BCUT2D eigenvalue weighted by Gasteiger charge is 2.10. The smallest absolute Gasteiger partial charge is 0.290 e. The number of rotatable bonds is 3. The average molecular weight is 307 g/mol. The molecule has 0 radical (unpaired) electrons. The predicted octanol–water partition coefficient (Wildman–Crippen LogP) is 2.41. The van der Waals surface area contributed by atoms with Crippen molar-refractivity contribution in [3.05, 3.63) is 66.0 Å². The lowest BCUT2D eigenvalue weighted by molar-refractivity contribution is 0.0952. The van der Waals surface area contributed by atoms with Gasteiger partial charge in [-0.1, -0.05) is 24.3 Å². The quantitative estimate of drug-likeness (QED) is 0.511. The Kier molecular flexibility index (Phi) is 3.88. The summed E-state index contributed by atoms with van der Waals surface area (Å²) >= 11 is 0. The normalized spacial score (nSPS) is 11.0. The summed E-state index contributed by atoms with van der Waals surface area (Å²) in [6.07, 6.45) is 2.85. The minimum Gasteiger partial charge on any atom is -0.508 e. The van der Waals surface area contributed by atoms with Gasteiger partial charge in [0.25, 0.3) is 5.91 Å². The fourth-order valence-electron chi connectivity index (χ4n) is 2.16. The minimum absolute atomic E-state index is 0.0522. The zero-order chi connectivity index (χ0) is 16.2. The van der Waals surface area contributed by atoms with Gasteiger partial charge >= 0.3 is 0 Å². The molecule has 3 aromatic rings. The largest absolute Gasteiger partial charge is 0.508 e. The van der Waals surface area contributed by atoms with E-state index in [1.54, 1.807) is 6.20 Å². The van der Waals surface area contributed by atoms with Crippen molar-refractivity contribution in [3.8, 4) is 11.5 Å². The molecule has 1 amide bonds. The molecular weight excluding hydrogens is 294 g/mol. The van der Waals surface area contributed by atoms with Crippen molar-refractivity contribution in [1.82, 2.24) is 10.4 Å². The highest BCUT2D eigenvalue weighted by Crippen LogP contribution is 2.20. The van der Waals surface area contributed by atoms with Crippen LogP contribution in [0, 0.1) is 0 Å². The van der Waals surface area contributed by atoms with Gasteiger partial charge in [-0.2, -0.15) is 5.10 Å². The standard InChI is InChI=1S/C17H13N3O3/c21-13-6-5-12(15(22)9-13)10-19-20-17(23)16-14-4-2-1-3-11(14)7-8-18-16/h1-10,21-22H,(H,20,23)/b19-10+. The summed E-state index contributed by atoms with van der Waals surface area (Å²) in [5.74, 6) is -0.633. The molecule has 3 rings (SSSR count). The van der Waals surface area contributed by atoms with Crippen LogP contribution in [0.4, 0.5) is 0 Å². The number of hydrogen-bond donors (Lipinski definition) is 3. The third-order valence-electron chi connectivity index (χ3n) is 3.27. The molecule has 3 N–H and O–H groups in total. The molecule has 114 valence electrons. The van der Waals surface area contributed by atoms with Crippen molar-refractivity contribution in [2.45, 2.75) is 0 Å². The zero-order valence-electron chi connectivity index (χ0n) is 12.0. The minimum atomic E-state index is -0.448. The maximum Gasteiger partial charge on any atom is 0.290 e. The number of phenolic OH excluding ortho intramolecular Hbond substituents is 2. The maximum absolute atomic E-state index is 12.2. The van der Waals surface area contributed by atoms with E-state index in [4.69, 9.17) is 0 Å². The number of nitrogens with one attached hydrogen (secondary N) is 1. The van der Waals surface area contributed by atoms with Crippen LogP contribution < -0.4 is 5.43 Å². The summed E-state index contributed by atoms with van der Waals surface area (Å²) in [5, 5.41) is 24.3. The van der Waals surface area contributed by atoms with Gasteiger partial charge in [0.15, 0.2) is 0 Å². The van der Waals surface area contributed by atoms with Crippen LogP contribution in [0.25, 0.3) is 10.8 Å². The molecule has 1 aromatic heterocycles. The Morgan fingerprint density at radius 3 is 2.78 bits per heavy atom. The molecule has 0 unspecified atom stereocenters. The molecular formula is C17H13N3O3. The fraction of sp³-hybridized carbons (Fsp3) is 0. The molecule has 0 aliphatic heterocycles. The van der Waals surface area contributed by atoms with Gasteiger partial charge in [-0.05, 0) is 23.6 Å². The average Bonchev–Trinajstić information content (AvgIpc) is 2.56. The third-order valence-corrected chi connectivity index (χ3v) is 3.27. The summed E-state index contributed by atoms with van der Waals surface area (Å²) in [7, 11) is 0. The Labute approximate surface area is 131 Å². The van der Waals surface area contributed by atoms with E-state index < -0.39 is 5.91 Å². The van der Waals surface area contributed by atoms with E-state index in [0.717, 1.165) is 10.8 Å². The Balaban J connectivity index is 1.80. The van der Waals surface area contributed by atoms with Crippen LogP contribution in [0.1, 0.15) is 16.1 Å². The van der Waals surface area contributed by atoms with Crippen LogP contribution in [0.2, 0.25) is 0 Å². The molecule has 6 nitrogen and oxygen atoms in total. The summed E-state index contributed by atoms with van der Waals surface area (Å²) in [4.78, 5) is 16.3. The summed E-state index contributed by atoms with van der Waals surface area (Å²) < 4.78 is 0. The van der Waals surface area contributed by atoms with Crippen molar-refractivity contribution in [3.63, 3.8) is 0 Å². The molecule has 2 aromatic carbocycles. The topological polar surface area (TPSA) is 94.8 Å². The van der Waals surface area contributed by atoms with E-state index in [2.05, 4.69) is 15.5 Å². The van der Waals surface area contributed by atoms with Gasteiger partial charge in [0.05, 0.1) is 6.21 Å². The number of hydrogen-bond acceptors (Lipinski definition) is 5. The Hall–Kier alpha value is -3.41. The predicted molar refractivity (Wildman–Crippen MR) is 86.6 cm³/mol. The van der Waals surface area contributed by atoms with Crippen LogP contribution in [0.15, 0.2) is 59.8 Å². The molecule has 0 atom stereocenters. The summed E-state index contributed by atoms with van der Waals surface area (Å²) in [6.45, 7) is 0. The van der Waals surface area contributed by atoms with E-state index >= 15 is 0 Å². The lowest BCUT2D eigenvalue weighted by atomic mass is 10.1. The van der Waals surface area contributed by atoms with Gasteiger partial charge < -0.3 is 10.2 Å². The van der Waals surface area contributed by atoms with E-state index in [0.29, 0.717) is 5.56 Å². The molecule has 0 spiro atoms. The monoisotopic (exact) mass is 307 g/mol. The molecule has 0 fully saturated rings. The molecule has 0 saturated heterocycles. The number of nitrogens with zero attached hydrogens (tertiary/aromatic N) is 2. The molecule has 1 heterocycles. The number of phenols is 2. The fourth-order valence-corrected chi connectivity index (χ4v) is 2.16. The lowest BCUT2D eigenvalue weighted by Crippen LogP contribution is -2.19. The van der Waals surface area contributed by atoms with Gasteiger partial charge in [-0.25, -0.2) is 5.43 Å². The van der Waals surface area contributed by atoms with Crippen molar-refractivity contribution in [2.24, 2.45) is 5.10 Å². The Morgan fingerprint density at radius 1 is 1.13 bits per heavy atom. The van der Waals surface area contributed by atoms with Crippen LogP contribution in [-0.4, -0.2) is 27.3 Å². The SMILES string of the molecule is O=C(N/N=C/c1ccc(O)cc1O)c1nccc2ccccc12. The third kappa shape index (κ3) is 3.11. The number of benzene rings is 2. The highest BCUT2D eigenvalue weighted by atomic mass is 16.3. The zero-order valence-corrected chi connectivity index (χ0v) is 12.0. The second kappa shape index (κ2) is 6.15. The number of aromatic nitrogens is 1. The second-order valence-electron chi connectivity index (χ2n) is 4.82. The highest BCUT2D eigenvalue weighted by molar-refractivity contribution is 6.05. The van der Waals surface area contributed by atoms with Gasteiger partial charge in [-0.3, -0.25) is 9.78 Å². The van der Waals surface area contributed by atoms with E-state index in [-0.39, 0.29) is 17.2 Å². The van der Waals surface area contributed by atoms with Gasteiger partial charge in [0.2, 0.25) is 0 Å². The lowest BCUT2D eigenvalue weighted by Gasteiger charge is -2.04. The molecule has 0 saturated carbocycles. The first-order chi connectivity index (χ1) is 11.1. The number of fused-ring (bicyclic) bond motifs is 1. The van der Waals surface area contributed by atoms with Crippen molar-refractivity contribution in [2.75, 3.05) is 0 Å². The van der Waals surface area contributed by atoms with Crippen LogP contribution >= 0.6 is 0 Å². The molecule has 23 heavy (non-hydrogen) atoms. The number of amides is 1. The first kappa shape index (κ1) is 14.5. The van der Waals surface area contributed by atoms with E-state index in [1.807, 2.05) is 30.3 Å². The molecule has 6 heteroatoms. The summed E-state index contributed by atoms with van der Waals surface area (Å²) in [6, 6.07) is 13.3. The molecule has 0 aliphatic rings. The first-order valence-corrected chi connectivity index (χ1v) is 6.84. The van der Waals surface area contributed by atoms with Gasteiger partial charge in [-0.15, -0.1) is 0 Å². The molecule has 0 bridgehead atoms. The number of carbonyl (C=O) groups is 1.